The predicted molar refractivity (Wildman–Crippen MR) is 120 cm³/mol. The summed E-state index contributed by atoms with van der Waals surface area (Å²) in [6.45, 7) is 1.56. The van der Waals surface area contributed by atoms with Crippen molar-refractivity contribution in [3.63, 3.8) is 0 Å². The van der Waals surface area contributed by atoms with Crippen molar-refractivity contribution >= 4 is 40.8 Å². The minimum Gasteiger partial charge on any atom is -0.380 e. The first-order chi connectivity index (χ1) is 14.9. The molecule has 31 heavy (non-hydrogen) atoms. The van der Waals surface area contributed by atoms with Crippen LogP contribution in [-0.2, 0) is 4.74 Å². The number of thioether (sulfide) groups is 1. The van der Waals surface area contributed by atoms with E-state index in [0.29, 0.717) is 48.4 Å². The number of alkyl halides is 2. The van der Waals surface area contributed by atoms with Crippen LogP contribution in [0.2, 0.25) is 5.02 Å². The van der Waals surface area contributed by atoms with Gasteiger partial charge in [0.15, 0.2) is 0 Å². The molecule has 2 aromatic rings. The van der Waals surface area contributed by atoms with Gasteiger partial charge in [0.2, 0.25) is 5.92 Å². The quantitative estimate of drug-likeness (QED) is 0.593. The van der Waals surface area contributed by atoms with Crippen molar-refractivity contribution in [2.75, 3.05) is 42.8 Å². The topological polar surface area (TPSA) is 54.5 Å². The van der Waals surface area contributed by atoms with Crippen molar-refractivity contribution in [3.8, 4) is 0 Å². The second-order valence-electron chi connectivity index (χ2n) is 7.84. The van der Waals surface area contributed by atoms with E-state index in [1.165, 1.54) is 0 Å². The Hall–Kier alpha value is -1.90. The van der Waals surface area contributed by atoms with Gasteiger partial charge in [-0.2, -0.15) is 0 Å². The molecule has 0 unspecified atom stereocenters. The molecule has 0 saturated carbocycles. The third kappa shape index (κ3) is 5.13. The first-order valence-electron chi connectivity index (χ1n) is 10.2. The fourth-order valence-electron chi connectivity index (χ4n) is 3.76. The van der Waals surface area contributed by atoms with Crippen LogP contribution >= 0.6 is 23.4 Å². The summed E-state index contributed by atoms with van der Waals surface area (Å²) in [5.41, 5.74) is 1.59. The van der Waals surface area contributed by atoms with Gasteiger partial charge in [0.25, 0.3) is 5.91 Å². The van der Waals surface area contributed by atoms with Gasteiger partial charge in [0.05, 0.1) is 29.5 Å². The molecule has 3 heterocycles. The van der Waals surface area contributed by atoms with Crippen LogP contribution in [0.25, 0.3) is 0 Å². The number of anilines is 2. The predicted octanol–water partition coefficient (Wildman–Crippen LogP) is 5.45. The molecular weight excluding hydrogens is 444 g/mol. The van der Waals surface area contributed by atoms with Crippen molar-refractivity contribution in [3.05, 3.63) is 46.6 Å². The van der Waals surface area contributed by atoms with Gasteiger partial charge in [-0.25, -0.2) is 13.8 Å². The number of halogens is 3. The van der Waals surface area contributed by atoms with Gasteiger partial charge in [-0.05, 0) is 36.9 Å². The van der Waals surface area contributed by atoms with E-state index >= 15 is 0 Å². The molecule has 0 atom stereocenters. The number of carbonyl (C=O) groups excluding carboxylic acids is 1. The third-order valence-electron chi connectivity index (χ3n) is 5.60. The summed E-state index contributed by atoms with van der Waals surface area (Å²) in [5.74, 6) is -2.61. The Kier molecular flexibility index (Phi) is 6.69. The number of hydrogen-bond donors (Lipinski definition) is 1. The molecule has 0 aliphatic carbocycles. The van der Waals surface area contributed by atoms with Gasteiger partial charge in [-0.3, -0.25) is 4.79 Å². The number of carbonyl (C=O) groups is 1. The normalized spacial score (nSPS) is 18.9. The highest BCUT2D eigenvalue weighted by molar-refractivity contribution is 7.98. The summed E-state index contributed by atoms with van der Waals surface area (Å²) >= 11 is 8.05. The van der Waals surface area contributed by atoms with Gasteiger partial charge in [0.1, 0.15) is 5.82 Å². The van der Waals surface area contributed by atoms with Gasteiger partial charge in [-0.15, -0.1) is 11.8 Å². The zero-order chi connectivity index (χ0) is 22.0. The van der Waals surface area contributed by atoms with Crippen molar-refractivity contribution in [1.82, 2.24) is 4.98 Å². The van der Waals surface area contributed by atoms with Crippen LogP contribution in [0.4, 0.5) is 20.3 Å². The van der Waals surface area contributed by atoms with Crippen LogP contribution in [0.3, 0.4) is 0 Å². The lowest BCUT2D eigenvalue weighted by atomic mass is 10.0. The number of nitrogens with one attached hydrogen (secondary N) is 1. The molecule has 0 spiro atoms. The van der Waals surface area contributed by atoms with Crippen molar-refractivity contribution in [1.29, 1.82) is 0 Å². The minimum atomic E-state index is -2.70. The molecule has 1 N–H and O–H groups in total. The zero-order valence-electron chi connectivity index (χ0n) is 17.2. The highest BCUT2D eigenvalue weighted by Crippen LogP contribution is 2.35. The molecule has 4 rings (SSSR count). The van der Waals surface area contributed by atoms with E-state index in [1.807, 2.05) is 24.5 Å². The maximum atomic E-state index is 13.9. The van der Waals surface area contributed by atoms with E-state index in [1.54, 1.807) is 28.8 Å². The summed E-state index contributed by atoms with van der Waals surface area (Å²) in [6, 6.07) is 9.11. The van der Waals surface area contributed by atoms with Crippen LogP contribution in [0.1, 0.15) is 41.2 Å². The Morgan fingerprint density at radius 3 is 2.81 bits per heavy atom. The Morgan fingerprint density at radius 1 is 1.29 bits per heavy atom. The van der Waals surface area contributed by atoms with Gasteiger partial charge < -0.3 is 15.0 Å². The average molecular weight is 468 g/mol. The number of hydrogen-bond acceptors (Lipinski definition) is 5. The number of nitrogens with zero attached hydrogens (tertiary/aromatic N) is 2. The second-order valence-corrected chi connectivity index (χ2v) is 9.13. The van der Waals surface area contributed by atoms with Crippen LogP contribution in [-0.4, -0.2) is 49.4 Å². The van der Waals surface area contributed by atoms with Crippen LogP contribution in [0.15, 0.2) is 35.2 Å². The standard InChI is InChI=1S/C22H24ClF2N3O2S/c1-31-16-5-2-4-15(10-16)26-21(29)17-11-18(23)19(14-12-30-13-14)27-20(17)28-8-3-6-22(24,25)7-9-28/h2,4-5,10-11,14H,3,6-9,12-13H2,1H3,(H,26,29). The number of aromatic nitrogens is 1. The van der Waals surface area contributed by atoms with E-state index in [4.69, 9.17) is 21.3 Å². The fourth-order valence-corrected chi connectivity index (χ4v) is 4.52. The number of rotatable bonds is 5. The zero-order valence-corrected chi connectivity index (χ0v) is 18.7. The summed E-state index contributed by atoms with van der Waals surface area (Å²) in [7, 11) is 0. The molecule has 1 amide bonds. The molecule has 5 nitrogen and oxygen atoms in total. The lowest BCUT2D eigenvalue weighted by Crippen LogP contribution is -2.32. The van der Waals surface area contributed by atoms with Crippen molar-refractivity contribution < 1.29 is 18.3 Å². The molecular formula is C22H24ClF2N3O2S. The minimum absolute atomic E-state index is 0.0510. The molecule has 2 aliphatic rings. The van der Waals surface area contributed by atoms with Crippen molar-refractivity contribution in [2.45, 2.75) is 36.0 Å². The molecule has 0 bridgehead atoms. The molecule has 166 valence electrons. The molecule has 2 fully saturated rings. The molecule has 2 saturated heterocycles. The first-order valence-corrected chi connectivity index (χ1v) is 11.8. The Morgan fingerprint density at radius 2 is 2.10 bits per heavy atom. The highest BCUT2D eigenvalue weighted by Gasteiger charge is 2.34. The maximum Gasteiger partial charge on any atom is 0.259 e. The average Bonchev–Trinajstić information content (AvgIpc) is 2.88. The molecule has 9 heteroatoms. The van der Waals surface area contributed by atoms with Crippen molar-refractivity contribution in [2.24, 2.45) is 0 Å². The summed E-state index contributed by atoms with van der Waals surface area (Å²) in [5, 5.41) is 3.29. The lowest BCUT2D eigenvalue weighted by Gasteiger charge is -2.29. The van der Waals surface area contributed by atoms with E-state index in [9.17, 15) is 13.6 Å². The Balaban J connectivity index is 1.68. The van der Waals surface area contributed by atoms with E-state index < -0.39 is 5.92 Å². The van der Waals surface area contributed by atoms with Gasteiger partial charge in [0, 0.05) is 42.4 Å². The largest absolute Gasteiger partial charge is 0.380 e. The maximum absolute atomic E-state index is 13.9. The van der Waals surface area contributed by atoms with Crippen LogP contribution in [0.5, 0.6) is 0 Å². The second kappa shape index (κ2) is 9.30. The van der Waals surface area contributed by atoms with E-state index in [0.717, 1.165) is 4.90 Å². The third-order valence-corrected chi connectivity index (χ3v) is 6.63. The number of benzene rings is 1. The molecule has 1 aromatic carbocycles. The fraction of sp³-hybridized carbons (Fsp3) is 0.455. The number of ether oxygens (including phenoxy) is 1. The van der Waals surface area contributed by atoms with E-state index in [2.05, 4.69) is 5.32 Å². The van der Waals surface area contributed by atoms with Gasteiger partial charge in [-0.1, -0.05) is 17.7 Å². The summed E-state index contributed by atoms with van der Waals surface area (Å²) < 4.78 is 33.1. The monoisotopic (exact) mass is 467 g/mol. The van der Waals surface area contributed by atoms with E-state index in [-0.39, 0.29) is 36.8 Å². The number of pyridine rings is 1. The lowest BCUT2D eigenvalue weighted by molar-refractivity contribution is -0.0102. The first kappa shape index (κ1) is 22.3. The summed E-state index contributed by atoms with van der Waals surface area (Å²) in [4.78, 5) is 20.7. The van der Waals surface area contributed by atoms with Crippen LogP contribution in [0, 0.1) is 0 Å². The SMILES string of the molecule is CSc1cccc(NC(=O)c2cc(Cl)c(C3COC3)nc2N2CCCC(F)(F)CC2)c1. The molecule has 0 radical (unpaired) electrons. The summed E-state index contributed by atoms with van der Waals surface area (Å²) in [6.07, 6.45) is 1.86. The van der Waals surface area contributed by atoms with Crippen LogP contribution < -0.4 is 10.2 Å². The molecule has 2 aliphatic heterocycles. The van der Waals surface area contributed by atoms with Gasteiger partial charge >= 0.3 is 0 Å². The molecule has 1 aromatic heterocycles. The Bertz CT molecular complexity index is 972. The highest BCUT2D eigenvalue weighted by atomic mass is 35.5. The Labute approximate surface area is 189 Å². The number of amides is 1. The smallest absolute Gasteiger partial charge is 0.259 e.